The number of carbonyl (C=O) groups is 1. The van der Waals surface area contributed by atoms with Gasteiger partial charge in [-0.1, -0.05) is 12.8 Å². The molecule has 0 aromatic heterocycles. The van der Waals surface area contributed by atoms with Crippen LogP contribution >= 0.6 is 0 Å². The van der Waals surface area contributed by atoms with Crippen LogP contribution in [-0.2, 0) is 17.8 Å². The van der Waals surface area contributed by atoms with Crippen molar-refractivity contribution in [1.82, 2.24) is 4.90 Å². The summed E-state index contributed by atoms with van der Waals surface area (Å²) in [6.07, 6.45) is 5.71. The van der Waals surface area contributed by atoms with Crippen molar-refractivity contribution in [1.29, 1.82) is 0 Å². The lowest BCUT2D eigenvalue weighted by molar-refractivity contribution is -0.132. The number of ether oxygens (including phenoxy) is 2. The second-order valence-electron chi connectivity index (χ2n) is 6.45. The molecule has 0 saturated carbocycles. The van der Waals surface area contributed by atoms with Gasteiger partial charge in [-0.05, 0) is 62.9 Å². The number of unbranched alkanes of at least 4 members (excludes halogenated alkanes) is 3. The average Bonchev–Trinajstić information content (AvgIpc) is 2.62. The molecule has 25 heavy (non-hydrogen) atoms. The molecule has 2 rings (SSSR count). The van der Waals surface area contributed by atoms with Gasteiger partial charge in [0, 0.05) is 19.5 Å². The molecular formula is C20H32N2O3. The average molecular weight is 348 g/mol. The number of hydrogen-bond donors (Lipinski definition) is 1. The maximum Gasteiger partial charge on any atom is 0.222 e. The molecular weight excluding hydrogens is 316 g/mol. The summed E-state index contributed by atoms with van der Waals surface area (Å²) in [6.45, 7) is 7.36. The molecule has 1 amide bonds. The van der Waals surface area contributed by atoms with Gasteiger partial charge >= 0.3 is 0 Å². The Bertz CT molecular complexity index is 560. The highest BCUT2D eigenvalue weighted by atomic mass is 16.5. The van der Waals surface area contributed by atoms with Crippen LogP contribution in [0.2, 0.25) is 0 Å². The number of carbonyl (C=O) groups excluding carboxylic acids is 1. The maximum atomic E-state index is 12.5. The topological polar surface area (TPSA) is 64.8 Å². The summed E-state index contributed by atoms with van der Waals surface area (Å²) < 4.78 is 11.4. The first kappa shape index (κ1) is 19.6. The summed E-state index contributed by atoms with van der Waals surface area (Å²) >= 11 is 0. The van der Waals surface area contributed by atoms with Gasteiger partial charge in [0.1, 0.15) is 0 Å². The molecule has 1 aromatic carbocycles. The molecule has 0 unspecified atom stereocenters. The number of fused-ring (bicyclic) bond motifs is 1. The predicted molar refractivity (Wildman–Crippen MR) is 100 cm³/mol. The first-order valence-corrected chi connectivity index (χ1v) is 9.58. The molecule has 1 aliphatic rings. The number of amides is 1. The molecule has 0 atom stereocenters. The monoisotopic (exact) mass is 348 g/mol. The Hall–Kier alpha value is -1.75. The summed E-state index contributed by atoms with van der Waals surface area (Å²) in [7, 11) is 0. The molecule has 5 heteroatoms. The van der Waals surface area contributed by atoms with Gasteiger partial charge < -0.3 is 20.1 Å². The van der Waals surface area contributed by atoms with Crippen LogP contribution in [0.5, 0.6) is 11.5 Å². The number of benzene rings is 1. The summed E-state index contributed by atoms with van der Waals surface area (Å²) in [5.74, 6) is 1.84. The fourth-order valence-electron chi connectivity index (χ4n) is 3.25. The van der Waals surface area contributed by atoms with Gasteiger partial charge in [-0.25, -0.2) is 0 Å². The third-order valence-corrected chi connectivity index (χ3v) is 4.58. The first-order valence-electron chi connectivity index (χ1n) is 9.58. The van der Waals surface area contributed by atoms with Gasteiger partial charge in [-0.15, -0.1) is 0 Å². The second-order valence-corrected chi connectivity index (χ2v) is 6.45. The number of nitrogens with zero attached hydrogens (tertiary/aromatic N) is 1. The highest BCUT2D eigenvalue weighted by Crippen LogP contribution is 2.34. The molecule has 1 heterocycles. The Morgan fingerprint density at radius 1 is 1.04 bits per heavy atom. The van der Waals surface area contributed by atoms with E-state index in [2.05, 4.69) is 6.07 Å². The lowest BCUT2D eigenvalue weighted by atomic mass is 9.98. The van der Waals surface area contributed by atoms with E-state index in [1.54, 1.807) is 0 Å². The van der Waals surface area contributed by atoms with Crippen molar-refractivity contribution in [2.75, 3.05) is 26.3 Å². The van der Waals surface area contributed by atoms with Crippen molar-refractivity contribution in [3.05, 3.63) is 23.3 Å². The molecule has 140 valence electrons. The van der Waals surface area contributed by atoms with Crippen LogP contribution in [0.4, 0.5) is 0 Å². The lowest BCUT2D eigenvalue weighted by Crippen LogP contribution is -2.35. The maximum absolute atomic E-state index is 12.5. The summed E-state index contributed by atoms with van der Waals surface area (Å²) in [5.41, 5.74) is 7.94. The zero-order valence-electron chi connectivity index (χ0n) is 15.7. The van der Waals surface area contributed by atoms with Gasteiger partial charge in [-0.3, -0.25) is 4.79 Å². The summed E-state index contributed by atoms with van der Waals surface area (Å²) in [6, 6.07) is 4.13. The Morgan fingerprint density at radius 2 is 1.68 bits per heavy atom. The number of hydrogen-bond acceptors (Lipinski definition) is 4. The van der Waals surface area contributed by atoms with Gasteiger partial charge in [0.05, 0.1) is 13.2 Å². The SMILES string of the molecule is CCOc1cc2c(cc1OCC)CN(C(=O)CCCCCCN)CC2. The Labute approximate surface area is 151 Å². The molecule has 0 spiro atoms. The molecule has 2 N–H and O–H groups in total. The van der Waals surface area contributed by atoms with Crippen molar-refractivity contribution in [3.8, 4) is 11.5 Å². The normalized spacial score (nSPS) is 13.5. The molecule has 1 aromatic rings. The smallest absolute Gasteiger partial charge is 0.222 e. The molecule has 1 aliphatic heterocycles. The molecule has 0 bridgehead atoms. The number of nitrogens with two attached hydrogens (primary N) is 1. The Kier molecular flexibility index (Phi) is 8.06. The van der Waals surface area contributed by atoms with Crippen LogP contribution in [0.15, 0.2) is 12.1 Å². The van der Waals surface area contributed by atoms with Crippen LogP contribution < -0.4 is 15.2 Å². The largest absolute Gasteiger partial charge is 0.490 e. The van der Waals surface area contributed by atoms with E-state index in [0.717, 1.165) is 56.7 Å². The van der Waals surface area contributed by atoms with Crippen molar-refractivity contribution < 1.29 is 14.3 Å². The van der Waals surface area contributed by atoms with E-state index in [0.29, 0.717) is 26.2 Å². The molecule has 0 fully saturated rings. The minimum atomic E-state index is 0.255. The first-order chi connectivity index (χ1) is 12.2. The van der Waals surface area contributed by atoms with Crippen LogP contribution in [0.25, 0.3) is 0 Å². The third kappa shape index (κ3) is 5.63. The molecule has 0 aliphatic carbocycles. The minimum absolute atomic E-state index is 0.255. The van der Waals surface area contributed by atoms with Crippen LogP contribution in [0.3, 0.4) is 0 Å². The van der Waals surface area contributed by atoms with E-state index in [9.17, 15) is 4.79 Å². The quantitative estimate of drug-likeness (QED) is 0.659. The summed E-state index contributed by atoms with van der Waals surface area (Å²) in [5, 5.41) is 0. The van der Waals surface area contributed by atoms with Crippen molar-refractivity contribution in [2.45, 2.75) is 58.9 Å². The minimum Gasteiger partial charge on any atom is -0.490 e. The van der Waals surface area contributed by atoms with E-state index >= 15 is 0 Å². The van der Waals surface area contributed by atoms with E-state index in [-0.39, 0.29) is 5.91 Å². The predicted octanol–water partition coefficient (Wildman–Crippen LogP) is 3.28. The highest BCUT2D eigenvalue weighted by molar-refractivity contribution is 5.76. The lowest BCUT2D eigenvalue weighted by Gasteiger charge is -2.30. The van der Waals surface area contributed by atoms with E-state index < -0.39 is 0 Å². The zero-order chi connectivity index (χ0) is 18.1. The Balaban J connectivity index is 1.97. The van der Waals surface area contributed by atoms with Gasteiger partial charge in [0.2, 0.25) is 5.91 Å². The van der Waals surface area contributed by atoms with E-state index in [1.807, 2.05) is 24.8 Å². The Morgan fingerprint density at radius 3 is 2.32 bits per heavy atom. The molecule has 5 nitrogen and oxygen atoms in total. The second kappa shape index (κ2) is 10.3. The van der Waals surface area contributed by atoms with Gasteiger partial charge in [-0.2, -0.15) is 0 Å². The summed E-state index contributed by atoms with van der Waals surface area (Å²) in [4.78, 5) is 14.4. The van der Waals surface area contributed by atoms with Crippen LogP contribution in [-0.4, -0.2) is 37.1 Å². The molecule has 0 radical (unpaired) electrons. The van der Waals surface area contributed by atoms with Crippen molar-refractivity contribution in [2.24, 2.45) is 5.73 Å². The number of rotatable bonds is 10. The van der Waals surface area contributed by atoms with Crippen molar-refractivity contribution in [3.63, 3.8) is 0 Å². The van der Waals surface area contributed by atoms with Crippen molar-refractivity contribution >= 4 is 5.91 Å². The zero-order valence-corrected chi connectivity index (χ0v) is 15.7. The van der Waals surface area contributed by atoms with Crippen LogP contribution in [0, 0.1) is 0 Å². The van der Waals surface area contributed by atoms with Gasteiger partial charge in [0.25, 0.3) is 0 Å². The van der Waals surface area contributed by atoms with E-state index in [1.165, 1.54) is 11.1 Å². The molecule has 0 saturated heterocycles. The standard InChI is InChI=1S/C20H32N2O3/c1-3-24-18-13-16-10-12-22(15-17(16)14-19(18)25-4-2)20(23)9-7-5-6-8-11-21/h13-14H,3-12,15,21H2,1-2H3. The third-order valence-electron chi connectivity index (χ3n) is 4.58. The highest BCUT2D eigenvalue weighted by Gasteiger charge is 2.22. The fourth-order valence-corrected chi connectivity index (χ4v) is 3.25. The van der Waals surface area contributed by atoms with E-state index in [4.69, 9.17) is 15.2 Å². The van der Waals surface area contributed by atoms with Crippen LogP contribution in [0.1, 0.15) is 57.1 Å². The fraction of sp³-hybridized carbons (Fsp3) is 0.650. The van der Waals surface area contributed by atoms with Gasteiger partial charge in [0.15, 0.2) is 11.5 Å².